The van der Waals surface area contributed by atoms with E-state index >= 15 is 0 Å². The van der Waals surface area contributed by atoms with Gasteiger partial charge in [-0.05, 0) is 65.8 Å². The van der Waals surface area contributed by atoms with E-state index in [0.29, 0.717) is 33.8 Å². The summed E-state index contributed by atoms with van der Waals surface area (Å²) in [5.74, 6) is 0.883. The molecule has 0 bridgehead atoms. The molecule has 0 spiro atoms. The number of thioether (sulfide) groups is 1. The molecule has 1 saturated heterocycles. The Bertz CT molecular complexity index is 1780. The molecular weight excluding hydrogens is 632 g/mol. The highest BCUT2D eigenvalue weighted by molar-refractivity contribution is 8.15. The lowest BCUT2D eigenvalue weighted by Gasteiger charge is -2.22. The molecule has 1 atom stereocenters. The van der Waals surface area contributed by atoms with Gasteiger partial charge in [0.2, 0.25) is 5.91 Å². The molecular formula is C34H32F3N5O2S2. The van der Waals surface area contributed by atoms with Gasteiger partial charge in [-0.1, -0.05) is 93.3 Å². The van der Waals surface area contributed by atoms with Gasteiger partial charge in [-0.2, -0.15) is 0 Å². The summed E-state index contributed by atoms with van der Waals surface area (Å²) < 4.78 is 42.7. The van der Waals surface area contributed by atoms with Crippen LogP contribution in [-0.4, -0.2) is 42.9 Å². The van der Waals surface area contributed by atoms with E-state index in [4.69, 9.17) is 17.2 Å². The van der Waals surface area contributed by atoms with Crippen molar-refractivity contribution in [2.45, 2.75) is 46.4 Å². The first kappa shape index (κ1) is 33.1. The molecule has 238 valence electrons. The van der Waals surface area contributed by atoms with E-state index in [2.05, 4.69) is 53.8 Å². The average Bonchev–Trinajstić information content (AvgIpc) is 3.63. The number of halogens is 3. The fourth-order valence-corrected chi connectivity index (χ4v) is 6.14. The van der Waals surface area contributed by atoms with Crippen LogP contribution in [0, 0.1) is 12.8 Å². The maximum atomic E-state index is 12.9. The third kappa shape index (κ3) is 8.29. The average molecular weight is 664 g/mol. The second-order valence-electron chi connectivity index (χ2n) is 11.2. The van der Waals surface area contributed by atoms with E-state index in [1.165, 1.54) is 47.0 Å². The van der Waals surface area contributed by atoms with Gasteiger partial charge in [0.15, 0.2) is 11.0 Å². The summed E-state index contributed by atoms with van der Waals surface area (Å²) in [7, 11) is 0. The van der Waals surface area contributed by atoms with Crippen LogP contribution in [0.5, 0.6) is 5.75 Å². The van der Waals surface area contributed by atoms with Gasteiger partial charge in [-0.15, -0.1) is 18.3 Å². The van der Waals surface area contributed by atoms with Crippen LogP contribution in [0.1, 0.15) is 49.8 Å². The number of carbonyl (C=O) groups is 1. The van der Waals surface area contributed by atoms with Crippen LogP contribution in [0.3, 0.4) is 0 Å². The number of amides is 1. The predicted octanol–water partition coefficient (Wildman–Crippen LogP) is 8.77. The lowest BCUT2D eigenvalue weighted by atomic mass is 9.99. The molecule has 12 heteroatoms. The number of hydrogen-bond donors (Lipinski definition) is 0. The van der Waals surface area contributed by atoms with Gasteiger partial charge in [0.25, 0.3) is 0 Å². The number of carbonyl (C=O) groups excluding carboxylic acids is 1. The number of anilines is 1. The number of aliphatic imine (C=N–C) groups is 1. The number of ether oxygens (including phenoxy) is 1. The van der Waals surface area contributed by atoms with Crippen molar-refractivity contribution in [1.29, 1.82) is 0 Å². The van der Waals surface area contributed by atoms with Crippen molar-refractivity contribution in [2.24, 2.45) is 10.9 Å². The Hall–Kier alpha value is -4.29. The summed E-state index contributed by atoms with van der Waals surface area (Å²) in [6.07, 6.45) is 1.40. The Morgan fingerprint density at radius 1 is 1.09 bits per heavy atom. The number of amidine groups is 1. The van der Waals surface area contributed by atoms with Crippen LogP contribution < -0.4 is 9.64 Å². The van der Waals surface area contributed by atoms with E-state index < -0.39 is 6.36 Å². The third-order valence-electron chi connectivity index (χ3n) is 7.14. The van der Waals surface area contributed by atoms with Gasteiger partial charge >= 0.3 is 6.36 Å². The van der Waals surface area contributed by atoms with E-state index in [9.17, 15) is 18.0 Å². The number of aryl methyl sites for hydroxylation is 1. The lowest BCUT2D eigenvalue weighted by Crippen LogP contribution is -2.31. The minimum Gasteiger partial charge on any atom is -0.406 e. The van der Waals surface area contributed by atoms with Crippen LogP contribution in [0.4, 0.5) is 18.9 Å². The number of benzene rings is 3. The largest absolute Gasteiger partial charge is 0.573 e. The fourth-order valence-electron chi connectivity index (χ4n) is 4.85. The summed E-state index contributed by atoms with van der Waals surface area (Å²) in [6, 6.07) is 19.3. The van der Waals surface area contributed by atoms with E-state index in [1.54, 1.807) is 4.90 Å². The zero-order valence-electron chi connectivity index (χ0n) is 25.7. The Kier molecular flexibility index (Phi) is 10.1. The summed E-state index contributed by atoms with van der Waals surface area (Å²) in [4.78, 5) is 24.2. The maximum absolute atomic E-state index is 12.9. The number of alkyl halides is 3. The second kappa shape index (κ2) is 14.0. The summed E-state index contributed by atoms with van der Waals surface area (Å²) in [5.41, 5.74) is 5.37. The second-order valence-corrected chi connectivity index (χ2v) is 12.7. The number of aromatic nitrogens is 3. The molecule has 1 fully saturated rings. The zero-order valence-corrected chi connectivity index (χ0v) is 27.3. The molecule has 1 aromatic heterocycles. The quantitative estimate of drug-likeness (QED) is 0.167. The zero-order chi connectivity index (χ0) is 33.0. The van der Waals surface area contributed by atoms with Crippen molar-refractivity contribution in [3.05, 3.63) is 95.8 Å². The first-order valence-electron chi connectivity index (χ1n) is 14.6. The molecule has 46 heavy (non-hydrogen) atoms. The topological polar surface area (TPSA) is 72.6 Å². The van der Waals surface area contributed by atoms with Crippen molar-refractivity contribution in [2.75, 3.05) is 10.7 Å². The third-order valence-corrected chi connectivity index (χ3v) is 8.33. The van der Waals surface area contributed by atoms with E-state index in [0.717, 1.165) is 27.9 Å². The number of rotatable bonds is 9. The Balaban J connectivity index is 1.20. The summed E-state index contributed by atoms with van der Waals surface area (Å²) in [5, 5.41) is 5.07. The smallest absolute Gasteiger partial charge is 0.406 e. The fraction of sp³-hybridized carbons (Fsp3) is 0.265. The van der Waals surface area contributed by atoms with Gasteiger partial charge in [-0.25, -0.2) is 14.7 Å². The molecule has 1 aliphatic rings. The van der Waals surface area contributed by atoms with Crippen LogP contribution in [0.15, 0.2) is 84.1 Å². The molecule has 4 aromatic rings. The van der Waals surface area contributed by atoms with Gasteiger partial charge in [-0.3, -0.25) is 9.69 Å². The molecule has 1 amide bonds. The summed E-state index contributed by atoms with van der Waals surface area (Å²) in [6.45, 7) is 8.31. The standard InChI is InChI=1S/C34H32F3N5O2S2/c1-21(2)28-16-6-22(3)17-29(28)42-31(43)19-46-33(42)39-30(45)18-23(4)5-7-24-8-10-25(11-9-24)32-38-20-41(40-32)26-12-14-27(15-13-26)44-34(35,36)37/h5-17,20-21,23H,18-19H2,1-4H3/b7-5+,39-33?. The highest BCUT2D eigenvalue weighted by Gasteiger charge is 2.32. The molecule has 0 aliphatic carbocycles. The monoisotopic (exact) mass is 663 g/mol. The highest BCUT2D eigenvalue weighted by Crippen LogP contribution is 2.34. The van der Waals surface area contributed by atoms with Crippen molar-refractivity contribution >= 4 is 51.8 Å². The van der Waals surface area contributed by atoms with Crippen LogP contribution >= 0.6 is 24.0 Å². The molecule has 7 nitrogen and oxygen atoms in total. The van der Waals surface area contributed by atoms with Gasteiger partial charge in [0.1, 0.15) is 17.1 Å². The molecule has 3 aromatic carbocycles. The summed E-state index contributed by atoms with van der Waals surface area (Å²) >= 11 is 7.06. The molecule has 1 unspecified atom stereocenters. The minimum absolute atomic E-state index is 0.00558. The molecule has 0 radical (unpaired) electrons. The van der Waals surface area contributed by atoms with Crippen molar-refractivity contribution in [1.82, 2.24) is 14.8 Å². The van der Waals surface area contributed by atoms with Gasteiger partial charge < -0.3 is 4.74 Å². The first-order chi connectivity index (χ1) is 21.9. The van der Waals surface area contributed by atoms with E-state index in [-0.39, 0.29) is 23.5 Å². The van der Waals surface area contributed by atoms with Crippen molar-refractivity contribution in [3.63, 3.8) is 0 Å². The van der Waals surface area contributed by atoms with Crippen molar-refractivity contribution < 1.29 is 22.7 Å². The van der Waals surface area contributed by atoms with E-state index in [1.807, 2.05) is 43.3 Å². The van der Waals surface area contributed by atoms with Crippen molar-refractivity contribution in [3.8, 4) is 22.8 Å². The molecule has 0 saturated carbocycles. The maximum Gasteiger partial charge on any atom is 0.573 e. The van der Waals surface area contributed by atoms with Crippen LogP contribution in [0.2, 0.25) is 0 Å². The SMILES string of the molecule is Cc1ccc(C(C)C)c(N2C(=O)CSC2=NC(=S)CC(C)/C=C/c2ccc(-c3ncn(-c4ccc(OC(F)(F)F)cc4)n3)cc2)c1. The molecule has 5 rings (SSSR count). The number of thiocarbonyl (C=S) groups is 1. The Morgan fingerprint density at radius 2 is 1.80 bits per heavy atom. The minimum atomic E-state index is -4.75. The van der Waals surface area contributed by atoms with Gasteiger partial charge in [0.05, 0.1) is 17.1 Å². The van der Waals surface area contributed by atoms with Crippen LogP contribution in [0.25, 0.3) is 23.2 Å². The van der Waals surface area contributed by atoms with Crippen LogP contribution in [-0.2, 0) is 4.79 Å². The lowest BCUT2D eigenvalue weighted by molar-refractivity contribution is -0.274. The van der Waals surface area contributed by atoms with Gasteiger partial charge in [0, 0.05) is 12.0 Å². The number of nitrogens with zero attached hydrogens (tertiary/aromatic N) is 5. The normalized spacial score (nSPS) is 15.3. The Labute approximate surface area is 275 Å². The first-order valence-corrected chi connectivity index (χ1v) is 16.0. The predicted molar refractivity (Wildman–Crippen MR) is 182 cm³/mol. The Morgan fingerprint density at radius 3 is 2.48 bits per heavy atom. The molecule has 1 aliphatic heterocycles. The highest BCUT2D eigenvalue weighted by atomic mass is 32.2. The molecule has 0 N–H and O–H groups in total. The number of allylic oxidation sites excluding steroid dienone is 1. The molecule has 2 heterocycles. The number of hydrogen-bond acceptors (Lipinski definition) is 6.